The van der Waals surface area contributed by atoms with Gasteiger partial charge in [0, 0.05) is 0 Å². The number of carboxylic acids is 1. The van der Waals surface area contributed by atoms with Gasteiger partial charge in [0.05, 0.1) is 31.2 Å². The number of hydrogen-bond donors (Lipinski definition) is 2. The number of nitrogens with zero attached hydrogens (tertiary/aromatic N) is 2. The van der Waals surface area contributed by atoms with Crippen LogP contribution in [0.25, 0.3) is 0 Å². The van der Waals surface area contributed by atoms with Gasteiger partial charge in [0.15, 0.2) is 0 Å². The summed E-state index contributed by atoms with van der Waals surface area (Å²) in [4.78, 5) is 19.2. The van der Waals surface area contributed by atoms with Gasteiger partial charge in [-0.1, -0.05) is 18.5 Å². The van der Waals surface area contributed by atoms with Crippen LogP contribution in [0.3, 0.4) is 0 Å². The van der Waals surface area contributed by atoms with Crippen molar-refractivity contribution < 1.29 is 19.4 Å². The maximum atomic E-state index is 11.0. The van der Waals surface area contributed by atoms with E-state index >= 15 is 0 Å². The number of hydrogen-bond acceptors (Lipinski definition) is 6. The van der Waals surface area contributed by atoms with E-state index in [0.29, 0.717) is 23.1 Å². The van der Waals surface area contributed by atoms with E-state index in [0.717, 1.165) is 6.42 Å². The third-order valence-electron chi connectivity index (χ3n) is 2.85. The van der Waals surface area contributed by atoms with Crippen molar-refractivity contribution in [2.75, 3.05) is 19.0 Å². The fourth-order valence-electron chi connectivity index (χ4n) is 1.76. The number of rotatable bonds is 7. The summed E-state index contributed by atoms with van der Waals surface area (Å²) >= 11 is 5.98. The van der Waals surface area contributed by atoms with Crippen molar-refractivity contribution in [3.05, 3.63) is 35.0 Å². The Bertz CT molecular complexity index is 709. The van der Waals surface area contributed by atoms with E-state index in [1.807, 2.05) is 6.92 Å². The molecule has 23 heavy (non-hydrogen) atoms. The molecule has 0 saturated carbocycles. The highest BCUT2D eigenvalue weighted by atomic mass is 35.5. The number of carboxylic acid groups (broad SMARTS) is 1. The minimum absolute atomic E-state index is 0.122. The lowest BCUT2D eigenvalue weighted by Gasteiger charge is -2.12. The van der Waals surface area contributed by atoms with Gasteiger partial charge in [0.1, 0.15) is 10.8 Å². The summed E-state index contributed by atoms with van der Waals surface area (Å²) in [6.45, 7) is 2.47. The molecule has 2 N–H and O–H groups in total. The van der Waals surface area contributed by atoms with E-state index in [1.165, 1.54) is 25.4 Å². The van der Waals surface area contributed by atoms with Crippen molar-refractivity contribution in [1.29, 1.82) is 0 Å². The van der Waals surface area contributed by atoms with Crippen LogP contribution < -0.4 is 14.8 Å². The molecule has 1 heterocycles. The molecule has 0 saturated heterocycles. The van der Waals surface area contributed by atoms with Crippen LogP contribution >= 0.6 is 11.6 Å². The van der Waals surface area contributed by atoms with Crippen molar-refractivity contribution in [1.82, 2.24) is 9.97 Å². The first-order chi connectivity index (χ1) is 11.0. The molecule has 8 heteroatoms. The van der Waals surface area contributed by atoms with Crippen LogP contribution in [0.2, 0.25) is 5.02 Å². The summed E-state index contributed by atoms with van der Waals surface area (Å²) in [5.41, 5.74) is 0.651. The summed E-state index contributed by atoms with van der Waals surface area (Å²) in [5, 5.41) is 12.3. The molecule has 0 aliphatic heterocycles. The van der Waals surface area contributed by atoms with Gasteiger partial charge >= 0.3 is 5.97 Å². The standard InChI is InChI=1S/C15H16ClN3O4/c1-3-6-23-13-10(16)8-17-15(19-13)18-11-5-4-9(14(20)21)7-12(11)22-2/h4-5,7-8H,3,6H2,1-2H3,(H,20,21)(H,17,18,19). The van der Waals surface area contributed by atoms with Gasteiger partial charge in [-0.3, -0.25) is 0 Å². The van der Waals surface area contributed by atoms with Gasteiger partial charge in [-0.15, -0.1) is 0 Å². The van der Waals surface area contributed by atoms with E-state index < -0.39 is 5.97 Å². The Morgan fingerprint density at radius 3 is 2.87 bits per heavy atom. The second-order valence-corrected chi connectivity index (χ2v) is 4.95. The van der Waals surface area contributed by atoms with Crippen LogP contribution in [0.4, 0.5) is 11.6 Å². The lowest BCUT2D eigenvalue weighted by atomic mass is 10.2. The van der Waals surface area contributed by atoms with Crippen LogP contribution in [0.1, 0.15) is 23.7 Å². The highest BCUT2D eigenvalue weighted by Gasteiger charge is 2.12. The maximum Gasteiger partial charge on any atom is 0.335 e. The monoisotopic (exact) mass is 337 g/mol. The molecule has 0 bridgehead atoms. The van der Waals surface area contributed by atoms with E-state index in [4.69, 9.17) is 26.2 Å². The summed E-state index contributed by atoms with van der Waals surface area (Å²) in [6, 6.07) is 4.44. The molecule has 0 aliphatic carbocycles. The zero-order valence-corrected chi connectivity index (χ0v) is 13.4. The van der Waals surface area contributed by atoms with Crippen molar-refractivity contribution >= 4 is 29.2 Å². The van der Waals surface area contributed by atoms with E-state index in [1.54, 1.807) is 6.07 Å². The number of carbonyl (C=O) groups is 1. The first-order valence-electron chi connectivity index (χ1n) is 6.88. The second-order valence-electron chi connectivity index (χ2n) is 4.54. The highest BCUT2D eigenvalue weighted by Crippen LogP contribution is 2.29. The van der Waals surface area contributed by atoms with Crippen LogP contribution in [-0.4, -0.2) is 34.8 Å². The smallest absolute Gasteiger partial charge is 0.335 e. The Kier molecular flexibility index (Phi) is 5.59. The molecule has 0 amide bonds. The quantitative estimate of drug-likeness (QED) is 0.799. The average Bonchev–Trinajstić information content (AvgIpc) is 2.55. The molecule has 122 valence electrons. The lowest BCUT2D eigenvalue weighted by Crippen LogP contribution is -2.04. The van der Waals surface area contributed by atoms with Gasteiger partial charge in [-0.05, 0) is 24.6 Å². The van der Waals surface area contributed by atoms with Crippen molar-refractivity contribution in [2.45, 2.75) is 13.3 Å². The van der Waals surface area contributed by atoms with Gasteiger partial charge < -0.3 is 19.9 Å². The normalized spacial score (nSPS) is 10.2. The third kappa shape index (κ3) is 4.23. The molecule has 0 radical (unpaired) electrons. The van der Waals surface area contributed by atoms with E-state index in [-0.39, 0.29) is 17.4 Å². The highest BCUT2D eigenvalue weighted by molar-refractivity contribution is 6.31. The molecule has 2 rings (SSSR count). The van der Waals surface area contributed by atoms with Gasteiger partial charge in [-0.2, -0.15) is 4.98 Å². The number of aromatic nitrogens is 2. The molecule has 2 aromatic rings. The van der Waals surface area contributed by atoms with Gasteiger partial charge in [0.25, 0.3) is 0 Å². The Balaban J connectivity index is 2.26. The average molecular weight is 338 g/mol. The number of anilines is 2. The maximum absolute atomic E-state index is 11.0. The summed E-state index contributed by atoms with van der Waals surface area (Å²) in [7, 11) is 1.45. The molecule has 0 unspecified atom stereocenters. The lowest BCUT2D eigenvalue weighted by molar-refractivity contribution is 0.0696. The molecule has 0 atom stereocenters. The largest absolute Gasteiger partial charge is 0.495 e. The van der Waals surface area contributed by atoms with E-state index in [9.17, 15) is 4.79 Å². The van der Waals surface area contributed by atoms with Crippen LogP contribution in [0.15, 0.2) is 24.4 Å². The van der Waals surface area contributed by atoms with Crippen LogP contribution in [0.5, 0.6) is 11.6 Å². The van der Waals surface area contributed by atoms with Crippen LogP contribution in [-0.2, 0) is 0 Å². The van der Waals surface area contributed by atoms with Crippen molar-refractivity contribution in [2.24, 2.45) is 0 Å². The van der Waals surface area contributed by atoms with Gasteiger partial charge in [-0.25, -0.2) is 9.78 Å². The minimum atomic E-state index is -1.03. The molecule has 7 nitrogen and oxygen atoms in total. The molecule has 1 aromatic carbocycles. The summed E-state index contributed by atoms with van der Waals surface area (Å²) < 4.78 is 10.6. The number of nitrogens with one attached hydrogen (secondary N) is 1. The predicted molar refractivity (Wildman–Crippen MR) is 86.1 cm³/mol. The number of ether oxygens (including phenoxy) is 2. The predicted octanol–water partition coefficient (Wildman–Crippen LogP) is 3.37. The Morgan fingerprint density at radius 2 is 2.22 bits per heavy atom. The number of methoxy groups -OCH3 is 1. The molecule has 1 aromatic heterocycles. The summed E-state index contributed by atoms with van der Waals surface area (Å²) in [5.74, 6) is -0.124. The fourth-order valence-corrected chi connectivity index (χ4v) is 1.91. The van der Waals surface area contributed by atoms with Crippen LogP contribution in [0, 0.1) is 0 Å². The molecule has 0 aliphatic rings. The first-order valence-corrected chi connectivity index (χ1v) is 7.26. The van der Waals surface area contributed by atoms with Crippen molar-refractivity contribution in [3.8, 4) is 11.6 Å². The fraction of sp³-hybridized carbons (Fsp3) is 0.267. The Morgan fingerprint density at radius 1 is 1.43 bits per heavy atom. The zero-order valence-electron chi connectivity index (χ0n) is 12.7. The van der Waals surface area contributed by atoms with Crippen molar-refractivity contribution in [3.63, 3.8) is 0 Å². The first kappa shape index (κ1) is 16.8. The van der Waals surface area contributed by atoms with E-state index in [2.05, 4.69) is 15.3 Å². The zero-order chi connectivity index (χ0) is 16.8. The molecule has 0 spiro atoms. The second kappa shape index (κ2) is 7.64. The number of halogens is 1. The number of aromatic carboxylic acids is 1. The molecular weight excluding hydrogens is 322 g/mol. The summed E-state index contributed by atoms with van der Waals surface area (Å²) in [6.07, 6.45) is 2.26. The minimum Gasteiger partial charge on any atom is -0.495 e. The third-order valence-corrected chi connectivity index (χ3v) is 3.11. The van der Waals surface area contributed by atoms with Gasteiger partial charge in [0.2, 0.25) is 11.8 Å². The molecular formula is C15H16ClN3O4. The Hall–Kier alpha value is -2.54. The number of benzene rings is 1. The SMILES string of the molecule is CCCOc1nc(Nc2ccc(C(=O)O)cc2OC)ncc1Cl. The topological polar surface area (TPSA) is 93.6 Å². The Labute approximate surface area is 138 Å². The molecule has 0 fully saturated rings.